The molecule has 0 bridgehead atoms. The van der Waals surface area contributed by atoms with E-state index < -0.39 is 0 Å². The monoisotopic (exact) mass is 377 g/mol. The Morgan fingerprint density at radius 3 is 1.52 bits per heavy atom. The van der Waals surface area contributed by atoms with Crippen molar-refractivity contribution in [2.24, 2.45) is 0 Å². The second kappa shape index (κ2) is 7.48. The smallest absolute Gasteiger partial charge is 0.0666 e. The number of hydrogen-bond acceptors (Lipinski definition) is 3. The highest BCUT2D eigenvalue weighted by Crippen LogP contribution is 2.35. The summed E-state index contributed by atoms with van der Waals surface area (Å²) in [5.74, 6) is 0. The lowest BCUT2D eigenvalue weighted by Crippen LogP contribution is -2.11. The lowest BCUT2D eigenvalue weighted by Gasteiger charge is -2.26. The summed E-state index contributed by atoms with van der Waals surface area (Å²) in [6, 6.07) is 30.9. The van der Waals surface area contributed by atoms with Gasteiger partial charge in [0, 0.05) is 41.8 Å². The number of anilines is 3. The largest absolute Gasteiger partial charge is 0.310 e. The van der Waals surface area contributed by atoms with Crippen molar-refractivity contribution in [1.82, 2.24) is 19.6 Å². The highest BCUT2D eigenvalue weighted by atomic mass is 15.3. The van der Waals surface area contributed by atoms with E-state index in [9.17, 15) is 0 Å². The van der Waals surface area contributed by atoms with Gasteiger partial charge in [0.1, 0.15) is 0 Å². The lowest BCUT2D eigenvalue weighted by atomic mass is 10.1. The molecule has 0 N–H and O–H groups in total. The molecule has 0 fully saturated rings. The predicted octanol–water partition coefficient (Wildman–Crippen LogP) is 5.53. The summed E-state index contributed by atoms with van der Waals surface area (Å²) in [4.78, 5) is 2.24. The third-order valence-corrected chi connectivity index (χ3v) is 4.73. The van der Waals surface area contributed by atoms with Crippen molar-refractivity contribution in [1.29, 1.82) is 0 Å². The Bertz CT molecular complexity index is 1120. The van der Waals surface area contributed by atoms with Gasteiger partial charge in [0.2, 0.25) is 0 Å². The maximum atomic E-state index is 4.37. The van der Waals surface area contributed by atoms with E-state index in [-0.39, 0.29) is 0 Å². The Balaban J connectivity index is 1.64. The van der Waals surface area contributed by atoms with Gasteiger partial charge in [0.15, 0.2) is 0 Å². The van der Waals surface area contributed by atoms with E-state index in [0.717, 1.165) is 28.4 Å². The first-order valence-electron chi connectivity index (χ1n) is 9.44. The fourth-order valence-electron chi connectivity index (χ4n) is 3.42. The Hall–Kier alpha value is -4.12. The van der Waals surface area contributed by atoms with Gasteiger partial charge in [-0.2, -0.15) is 10.2 Å². The van der Waals surface area contributed by atoms with Crippen molar-refractivity contribution >= 4 is 17.1 Å². The fraction of sp³-hybridized carbons (Fsp3) is 0. The molecule has 0 aliphatic heterocycles. The van der Waals surface area contributed by atoms with E-state index in [1.54, 1.807) is 12.4 Å². The second-order valence-electron chi connectivity index (χ2n) is 6.61. The Labute approximate surface area is 169 Å². The van der Waals surface area contributed by atoms with Gasteiger partial charge in [0.25, 0.3) is 0 Å². The molecular formula is C24H19N5. The Kier molecular flexibility index (Phi) is 4.39. The number of aromatic nitrogens is 4. The average Bonchev–Trinajstić information content (AvgIpc) is 3.50. The molecule has 0 aliphatic carbocycles. The van der Waals surface area contributed by atoms with Crippen molar-refractivity contribution in [3.63, 3.8) is 0 Å². The number of hydrogen-bond donors (Lipinski definition) is 0. The molecule has 140 valence electrons. The normalized spacial score (nSPS) is 10.8. The number of para-hydroxylation sites is 1. The molecule has 0 amide bonds. The first-order valence-corrected chi connectivity index (χ1v) is 9.44. The third-order valence-electron chi connectivity index (χ3n) is 4.73. The molecule has 5 heteroatoms. The van der Waals surface area contributed by atoms with Crippen molar-refractivity contribution in [3.05, 3.63) is 116 Å². The molecule has 2 heterocycles. The van der Waals surface area contributed by atoms with Crippen LogP contribution in [0.5, 0.6) is 0 Å². The molecule has 29 heavy (non-hydrogen) atoms. The summed E-state index contributed by atoms with van der Waals surface area (Å²) in [6.45, 7) is 0. The second-order valence-corrected chi connectivity index (χ2v) is 6.61. The van der Waals surface area contributed by atoms with Gasteiger partial charge in [-0.15, -0.1) is 0 Å². The quantitative estimate of drug-likeness (QED) is 0.404. The van der Waals surface area contributed by atoms with Gasteiger partial charge < -0.3 is 4.90 Å². The van der Waals surface area contributed by atoms with Crippen LogP contribution >= 0.6 is 0 Å². The van der Waals surface area contributed by atoms with Crippen molar-refractivity contribution in [2.75, 3.05) is 4.90 Å². The SMILES string of the molecule is c1ccc(N(c2cccc(-n3cccn3)c2)c2cccc(-n3cccn3)c2)cc1. The maximum absolute atomic E-state index is 4.37. The molecule has 0 spiro atoms. The molecule has 0 unspecified atom stereocenters. The van der Waals surface area contributed by atoms with Gasteiger partial charge in [-0.1, -0.05) is 30.3 Å². The highest BCUT2D eigenvalue weighted by molar-refractivity contribution is 5.78. The molecule has 3 aromatic carbocycles. The summed E-state index contributed by atoms with van der Waals surface area (Å²) in [5.41, 5.74) is 5.22. The summed E-state index contributed by atoms with van der Waals surface area (Å²) in [7, 11) is 0. The van der Waals surface area contributed by atoms with Gasteiger partial charge >= 0.3 is 0 Å². The van der Waals surface area contributed by atoms with Crippen LogP contribution in [-0.4, -0.2) is 19.6 Å². The number of rotatable bonds is 5. The molecule has 5 aromatic rings. The molecule has 5 rings (SSSR count). The minimum Gasteiger partial charge on any atom is -0.310 e. The van der Waals surface area contributed by atoms with Crippen LogP contribution < -0.4 is 4.90 Å². The van der Waals surface area contributed by atoms with Crippen LogP contribution in [0.2, 0.25) is 0 Å². The van der Waals surface area contributed by atoms with Crippen molar-refractivity contribution < 1.29 is 0 Å². The Morgan fingerprint density at radius 2 is 1.03 bits per heavy atom. The van der Waals surface area contributed by atoms with E-state index in [2.05, 4.69) is 87.9 Å². The molecule has 0 aliphatic rings. The van der Waals surface area contributed by atoms with Crippen molar-refractivity contribution in [2.45, 2.75) is 0 Å². The van der Waals surface area contributed by atoms with Crippen LogP contribution in [-0.2, 0) is 0 Å². The van der Waals surface area contributed by atoms with E-state index >= 15 is 0 Å². The number of benzene rings is 3. The van der Waals surface area contributed by atoms with Gasteiger partial charge in [-0.25, -0.2) is 9.36 Å². The highest BCUT2D eigenvalue weighted by Gasteiger charge is 2.14. The number of nitrogens with zero attached hydrogens (tertiary/aromatic N) is 5. The maximum Gasteiger partial charge on any atom is 0.0666 e. The van der Waals surface area contributed by atoms with Crippen LogP contribution in [0.3, 0.4) is 0 Å². The molecular weight excluding hydrogens is 358 g/mol. The average molecular weight is 377 g/mol. The van der Waals surface area contributed by atoms with Gasteiger partial charge in [-0.3, -0.25) is 0 Å². The summed E-state index contributed by atoms with van der Waals surface area (Å²) in [5, 5.41) is 8.73. The topological polar surface area (TPSA) is 38.9 Å². The van der Waals surface area contributed by atoms with Gasteiger partial charge in [0.05, 0.1) is 11.4 Å². The predicted molar refractivity (Wildman–Crippen MR) is 115 cm³/mol. The molecule has 0 saturated carbocycles. The minimum absolute atomic E-state index is 1.01. The summed E-state index contributed by atoms with van der Waals surface area (Å²) >= 11 is 0. The van der Waals surface area contributed by atoms with Crippen LogP contribution in [0, 0.1) is 0 Å². The Morgan fingerprint density at radius 1 is 0.517 bits per heavy atom. The first-order chi connectivity index (χ1) is 14.4. The summed E-state index contributed by atoms with van der Waals surface area (Å²) in [6.07, 6.45) is 7.47. The zero-order valence-electron chi connectivity index (χ0n) is 15.7. The van der Waals surface area contributed by atoms with E-state index in [4.69, 9.17) is 0 Å². The van der Waals surface area contributed by atoms with E-state index in [1.807, 2.05) is 40.0 Å². The molecule has 0 saturated heterocycles. The lowest BCUT2D eigenvalue weighted by molar-refractivity contribution is 0.879. The molecule has 0 radical (unpaired) electrons. The standard InChI is InChI=1S/C24H19N5/c1-2-8-20(9-3-1)29(23-12-4-10-21(18-23)27-16-6-14-25-27)24-13-5-11-22(19-24)28-17-7-15-26-28/h1-19H. The van der Waals surface area contributed by atoms with E-state index in [1.165, 1.54) is 0 Å². The summed E-state index contributed by atoms with van der Waals surface area (Å²) < 4.78 is 3.74. The van der Waals surface area contributed by atoms with Crippen LogP contribution in [0.4, 0.5) is 17.1 Å². The fourth-order valence-corrected chi connectivity index (χ4v) is 3.42. The van der Waals surface area contributed by atoms with Crippen LogP contribution in [0.25, 0.3) is 11.4 Å². The zero-order chi connectivity index (χ0) is 19.5. The van der Waals surface area contributed by atoms with E-state index in [0.29, 0.717) is 0 Å². The minimum atomic E-state index is 1.01. The molecule has 2 aromatic heterocycles. The molecule has 5 nitrogen and oxygen atoms in total. The van der Waals surface area contributed by atoms with Crippen molar-refractivity contribution in [3.8, 4) is 11.4 Å². The van der Waals surface area contributed by atoms with Gasteiger partial charge in [-0.05, 0) is 60.7 Å². The van der Waals surface area contributed by atoms with Crippen LogP contribution in [0.15, 0.2) is 116 Å². The van der Waals surface area contributed by atoms with Crippen LogP contribution in [0.1, 0.15) is 0 Å². The molecule has 0 atom stereocenters. The third kappa shape index (κ3) is 3.41. The first kappa shape index (κ1) is 17.0. The zero-order valence-corrected chi connectivity index (χ0v) is 15.7.